The maximum Gasteiger partial charge on any atom is 0.338 e. The number of amides is 3. The van der Waals surface area contributed by atoms with Gasteiger partial charge in [0.2, 0.25) is 0 Å². The Bertz CT molecular complexity index is 1470. The van der Waals surface area contributed by atoms with Crippen LogP contribution in [0.5, 0.6) is 11.5 Å². The van der Waals surface area contributed by atoms with Gasteiger partial charge in [0.15, 0.2) is 0 Å². The SMILES string of the molecule is CCOC(=O)C1=C(CN2CCN(C(=O)c3ccc(F)cc3)CC2)N(C)C(=O)NC1c1cccc(Oc2ccccc2)c1. The van der Waals surface area contributed by atoms with Crippen LogP contribution in [0.15, 0.2) is 90.1 Å². The molecule has 2 heterocycles. The fraction of sp³-hybridized carbons (Fsp3) is 0.281. The Labute approximate surface area is 244 Å². The first kappa shape index (κ1) is 28.8. The molecule has 3 amide bonds. The Morgan fingerprint density at radius 2 is 1.62 bits per heavy atom. The van der Waals surface area contributed by atoms with E-state index in [1.54, 1.807) is 24.9 Å². The first-order chi connectivity index (χ1) is 20.3. The van der Waals surface area contributed by atoms with Crippen molar-refractivity contribution in [2.45, 2.75) is 13.0 Å². The van der Waals surface area contributed by atoms with E-state index in [4.69, 9.17) is 9.47 Å². The van der Waals surface area contributed by atoms with Crippen molar-refractivity contribution in [1.82, 2.24) is 20.0 Å². The molecule has 1 atom stereocenters. The second-order valence-corrected chi connectivity index (χ2v) is 10.1. The topological polar surface area (TPSA) is 91.4 Å². The molecule has 0 radical (unpaired) electrons. The summed E-state index contributed by atoms with van der Waals surface area (Å²) in [4.78, 5) is 44.7. The van der Waals surface area contributed by atoms with E-state index in [0.717, 1.165) is 0 Å². The predicted molar refractivity (Wildman–Crippen MR) is 154 cm³/mol. The van der Waals surface area contributed by atoms with E-state index in [0.29, 0.717) is 66.6 Å². The minimum atomic E-state index is -0.747. The largest absolute Gasteiger partial charge is 0.463 e. The lowest BCUT2D eigenvalue weighted by atomic mass is 9.94. The van der Waals surface area contributed by atoms with Crippen LogP contribution in [-0.2, 0) is 9.53 Å². The van der Waals surface area contributed by atoms with E-state index in [9.17, 15) is 18.8 Å². The molecule has 10 heteroatoms. The number of carbonyl (C=O) groups is 3. The van der Waals surface area contributed by atoms with Crippen LogP contribution in [0.4, 0.5) is 9.18 Å². The molecule has 42 heavy (non-hydrogen) atoms. The molecule has 5 rings (SSSR count). The molecule has 1 N–H and O–H groups in total. The molecule has 1 unspecified atom stereocenters. The monoisotopic (exact) mass is 572 g/mol. The molecule has 0 aromatic heterocycles. The molecular weight excluding hydrogens is 539 g/mol. The van der Waals surface area contributed by atoms with Crippen LogP contribution in [0.3, 0.4) is 0 Å². The third-order valence-electron chi connectivity index (χ3n) is 7.37. The summed E-state index contributed by atoms with van der Waals surface area (Å²) >= 11 is 0. The zero-order valence-electron chi connectivity index (χ0n) is 23.6. The van der Waals surface area contributed by atoms with Gasteiger partial charge < -0.3 is 19.7 Å². The van der Waals surface area contributed by atoms with Crippen molar-refractivity contribution in [3.63, 3.8) is 0 Å². The van der Waals surface area contributed by atoms with E-state index in [1.165, 1.54) is 29.2 Å². The van der Waals surface area contributed by atoms with Gasteiger partial charge in [-0.1, -0.05) is 30.3 Å². The molecular formula is C32H33FN4O5. The van der Waals surface area contributed by atoms with Crippen LogP contribution in [-0.4, -0.2) is 79.0 Å². The van der Waals surface area contributed by atoms with Crippen molar-refractivity contribution in [3.05, 3.63) is 107 Å². The predicted octanol–water partition coefficient (Wildman–Crippen LogP) is 4.59. The maximum atomic E-state index is 13.4. The van der Waals surface area contributed by atoms with Crippen molar-refractivity contribution >= 4 is 17.9 Å². The van der Waals surface area contributed by atoms with Gasteiger partial charge in [-0.3, -0.25) is 14.6 Å². The standard InChI is InChI=1S/C32H33FN4O5/c1-3-41-31(39)28-27(21-36-16-18-37(19-17-36)30(38)22-12-14-24(33)15-13-22)35(2)32(40)34-29(28)23-8-7-11-26(20-23)42-25-9-5-4-6-10-25/h4-15,20,29H,3,16-19,21H2,1-2H3,(H,34,40). The fourth-order valence-corrected chi connectivity index (χ4v) is 5.13. The van der Waals surface area contributed by atoms with Gasteiger partial charge in [0.1, 0.15) is 17.3 Å². The first-order valence-corrected chi connectivity index (χ1v) is 13.9. The average molecular weight is 573 g/mol. The number of para-hydroxylation sites is 1. The van der Waals surface area contributed by atoms with Gasteiger partial charge >= 0.3 is 12.0 Å². The Morgan fingerprint density at radius 3 is 2.31 bits per heavy atom. The summed E-state index contributed by atoms with van der Waals surface area (Å²) in [5.41, 5.74) is 2.00. The second kappa shape index (κ2) is 12.9. The maximum absolute atomic E-state index is 13.4. The Hall–Kier alpha value is -4.70. The molecule has 2 aliphatic heterocycles. The highest BCUT2D eigenvalue weighted by atomic mass is 19.1. The number of nitrogens with one attached hydrogen (secondary N) is 1. The molecule has 3 aromatic rings. The number of nitrogens with zero attached hydrogens (tertiary/aromatic N) is 3. The Kier molecular flexibility index (Phi) is 8.83. The number of urea groups is 1. The van der Waals surface area contributed by atoms with Gasteiger partial charge in [-0.2, -0.15) is 0 Å². The molecule has 1 fully saturated rings. The summed E-state index contributed by atoms with van der Waals surface area (Å²) in [5.74, 6) is 0.174. The number of likely N-dealkylation sites (N-methyl/N-ethyl adjacent to an activating group) is 1. The van der Waals surface area contributed by atoms with Crippen molar-refractivity contribution in [2.75, 3.05) is 46.4 Å². The zero-order chi connectivity index (χ0) is 29.6. The van der Waals surface area contributed by atoms with E-state index in [2.05, 4.69) is 10.2 Å². The molecule has 3 aromatic carbocycles. The van der Waals surface area contributed by atoms with Crippen LogP contribution >= 0.6 is 0 Å². The van der Waals surface area contributed by atoms with E-state index < -0.39 is 17.8 Å². The van der Waals surface area contributed by atoms with Crippen LogP contribution in [0.25, 0.3) is 0 Å². The summed E-state index contributed by atoms with van der Waals surface area (Å²) in [6.07, 6.45) is 0. The van der Waals surface area contributed by atoms with Gasteiger partial charge in [-0.15, -0.1) is 0 Å². The summed E-state index contributed by atoms with van der Waals surface area (Å²) in [6.45, 7) is 4.21. The number of ether oxygens (including phenoxy) is 2. The molecule has 218 valence electrons. The minimum absolute atomic E-state index is 0.159. The summed E-state index contributed by atoms with van der Waals surface area (Å²) in [6, 6.07) is 21.0. The number of esters is 1. The van der Waals surface area contributed by atoms with Gasteiger partial charge in [0.05, 0.1) is 18.2 Å². The number of rotatable bonds is 8. The molecule has 9 nitrogen and oxygen atoms in total. The number of hydrogen-bond acceptors (Lipinski definition) is 6. The highest BCUT2D eigenvalue weighted by molar-refractivity contribution is 5.95. The van der Waals surface area contributed by atoms with E-state index in [-0.39, 0.29) is 18.5 Å². The number of carbonyl (C=O) groups excluding carboxylic acids is 3. The summed E-state index contributed by atoms with van der Waals surface area (Å²) in [7, 11) is 1.63. The normalized spacial score (nSPS) is 17.6. The van der Waals surface area contributed by atoms with Gasteiger partial charge in [0, 0.05) is 51.0 Å². The zero-order valence-corrected chi connectivity index (χ0v) is 23.6. The lowest BCUT2D eigenvalue weighted by Crippen LogP contribution is -2.53. The average Bonchev–Trinajstić information content (AvgIpc) is 3.00. The first-order valence-electron chi connectivity index (χ1n) is 13.9. The van der Waals surface area contributed by atoms with Crippen molar-refractivity contribution in [1.29, 1.82) is 0 Å². The lowest BCUT2D eigenvalue weighted by molar-refractivity contribution is -0.139. The number of halogens is 1. The second-order valence-electron chi connectivity index (χ2n) is 10.1. The molecule has 0 aliphatic carbocycles. The fourth-order valence-electron chi connectivity index (χ4n) is 5.13. The summed E-state index contributed by atoms with van der Waals surface area (Å²) in [5, 5.41) is 2.95. The smallest absolute Gasteiger partial charge is 0.338 e. The van der Waals surface area contributed by atoms with Crippen LogP contribution in [0, 0.1) is 5.82 Å². The quantitative estimate of drug-likeness (QED) is 0.397. The van der Waals surface area contributed by atoms with Gasteiger partial charge in [0.25, 0.3) is 5.91 Å². The molecule has 0 spiro atoms. The molecule has 1 saturated heterocycles. The van der Waals surface area contributed by atoms with E-state index in [1.807, 2.05) is 48.5 Å². The van der Waals surface area contributed by atoms with E-state index >= 15 is 0 Å². The Balaban J connectivity index is 1.38. The third kappa shape index (κ3) is 6.44. The highest BCUT2D eigenvalue weighted by Gasteiger charge is 2.38. The molecule has 2 aliphatic rings. The van der Waals surface area contributed by atoms with Crippen molar-refractivity contribution in [2.24, 2.45) is 0 Å². The van der Waals surface area contributed by atoms with Crippen LogP contribution < -0.4 is 10.1 Å². The van der Waals surface area contributed by atoms with Gasteiger partial charge in [-0.05, 0) is 61.0 Å². The molecule has 0 bridgehead atoms. The van der Waals surface area contributed by atoms with Crippen molar-refractivity contribution < 1.29 is 28.2 Å². The number of hydrogen-bond donors (Lipinski definition) is 1. The third-order valence-corrected chi connectivity index (χ3v) is 7.37. The van der Waals surface area contributed by atoms with Gasteiger partial charge in [-0.25, -0.2) is 14.0 Å². The van der Waals surface area contributed by atoms with Crippen molar-refractivity contribution in [3.8, 4) is 11.5 Å². The number of benzene rings is 3. The Morgan fingerprint density at radius 1 is 0.929 bits per heavy atom. The molecule has 0 saturated carbocycles. The summed E-state index contributed by atoms with van der Waals surface area (Å²) < 4.78 is 24.8. The number of piperazine rings is 1. The minimum Gasteiger partial charge on any atom is -0.463 e. The van der Waals surface area contributed by atoms with Crippen LogP contribution in [0.1, 0.15) is 28.9 Å². The highest BCUT2D eigenvalue weighted by Crippen LogP contribution is 2.34. The van der Waals surface area contributed by atoms with Crippen LogP contribution in [0.2, 0.25) is 0 Å². The lowest BCUT2D eigenvalue weighted by Gasteiger charge is -2.39.